The Bertz CT molecular complexity index is 728. The van der Waals surface area contributed by atoms with Crippen molar-refractivity contribution in [2.75, 3.05) is 13.2 Å². The monoisotopic (exact) mass is 314 g/mol. The SMILES string of the molecule is Cc1ccc(OCCNC(=O)c2cccc([N+](=O)[O-])c2)c(C)c1. The Kier molecular flexibility index (Phi) is 5.30. The zero-order valence-corrected chi connectivity index (χ0v) is 13.0. The van der Waals surface area contributed by atoms with Gasteiger partial charge in [0.05, 0.1) is 11.5 Å². The van der Waals surface area contributed by atoms with Crippen molar-refractivity contribution in [3.63, 3.8) is 0 Å². The molecule has 6 nitrogen and oxygen atoms in total. The molecule has 23 heavy (non-hydrogen) atoms. The first-order valence-electron chi connectivity index (χ1n) is 7.20. The van der Waals surface area contributed by atoms with Crippen molar-refractivity contribution < 1.29 is 14.5 Å². The lowest BCUT2D eigenvalue weighted by Crippen LogP contribution is -2.28. The standard InChI is InChI=1S/C17H18N2O4/c1-12-6-7-16(13(2)10-12)23-9-8-18-17(20)14-4-3-5-15(11-14)19(21)22/h3-7,10-11H,8-9H2,1-2H3,(H,18,20). The Morgan fingerprint density at radius 3 is 2.70 bits per heavy atom. The van der Waals surface area contributed by atoms with E-state index in [4.69, 9.17) is 4.74 Å². The number of benzene rings is 2. The number of rotatable bonds is 6. The Morgan fingerprint density at radius 2 is 2.00 bits per heavy atom. The summed E-state index contributed by atoms with van der Waals surface area (Å²) < 4.78 is 5.62. The molecule has 2 aromatic rings. The lowest BCUT2D eigenvalue weighted by molar-refractivity contribution is -0.384. The highest BCUT2D eigenvalue weighted by molar-refractivity contribution is 5.94. The van der Waals surface area contributed by atoms with Gasteiger partial charge < -0.3 is 10.1 Å². The quantitative estimate of drug-likeness (QED) is 0.505. The van der Waals surface area contributed by atoms with E-state index in [1.807, 2.05) is 32.0 Å². The Hall–Kier alpha value is -2.89. The van der Waals surface area contributed by atoms with Gasteiger partial charge in [0.1, 0.15) is 12.4 Å². The molecule has 0 radical (unpaired) electrons. The largest absolute Gasteiger partial charge is 0.491 e. The highest BCUT2D eigenvalue weighted by Gasteiger charge is 2.11. The number of amides is 1. The summed E-state index contributed by atoms with van der Waals surface area (Å²) >= 11 is 0. The molecular weight excluding hydrogens is 296 g/mol. The van der Waals surface area contributed by atoms with Gasteiger partial charge in [-0.15, -0.1) is 0 Å². The van der Waals surface area contributed by atoms with Crippen LogP contribution in [0.15, 0.2) is 42.5 Å². The maximum absolute atomic E-state index is 12.0. The summed E-state index contributed by atoms with van der Waals surface area (Å²) in [6, 6.07) is 11.5. The molecule has 0 aliphatic carbocycles. The van der Waals surface area contributed by atoms with E-state index < -0.39 is 4.92 Å². The molecule has 0 atom stereocenters. The van der Waals surface area contributed by atoms with Gasteiger partial charge in [-0.1, -0.05) is 23.8 Å². The lowest BCUT2D eigenvalue weighted by Gasteiger charge is -2.10. The highest BCUT2D eigenvalue weighted by atomic mass is 16.6. The molecule has 0 aliphatic rings. The second-order valence-electron chi connectivity index (χ2n) is 5.18. The van der Waals surface area contributed by atoms with Crippen LogP contribution in [0.1, 0.15) is 21.5 Å². The molecule has 0 fully saturated rings. The maximum atomic E-state index is 12.0. The van der Waals surface area contributed by atoms with E-state index in [-0.39, 0.29) is 17.2 Å². The number of non-ortho nitro benzene ring substituents is 1. The molecule has 0 bridgehead atoms. The van der Waals surface area contributed by atoms with Crippen LogP contribution in [0, 0.1) is 24.0 Å². The van der Waals surface area contributed by atoms with Crippen molar-refractivity contribution in [2.45, 2.75) is 13.8 Å². The van der Waals surface area contributed by atoms with E-state index >= 15 is 0 Å². The van der Waals surface area contributed by atoms with Gasteiger partial charge >= 0.3 is 0 Å². The van der Waals surface area contributed by atoms with Gasteiger partial charge in [-0.3, -0.25) is 14.9 Å². The van der Waals surface area contributed by atoms with Gasteiger partial charge in [-0.05, 0) is 31.5 Å². The van der Waals surface area contributed by atoms with Crippen LogP contribution in [0.4, 0.5) is 5.69 Å². The molecular formula is C17H18N2O4. The molecule has 0 heterocycles. The van der Waals surface area contributed by atoms with Crippen molar-refractivity contribution in [2.24, 2.45) is 0 Å². The van der Waals surface area contributed by atoms with Crippen LogP contribution >= 0.6 is 0 Å². The zero-order valence-electron chi connectivity index (χ0n) is 13.0. The summed E-state index contributed by atoms with van der Waals surface area (Å²) in [6.07, 6.45) is 0. The van der Waals surface area contributed by atoms with E-state index in [0.29, 0.717) is 13.2 Å². The van der Waals surface area contributed by atoms with Gasteiger partial charge in [0.2, 0.25) is 0 Å². The third kappa shape index (κ3) is 4.54. The van der Waals surface area contributed by atoms with Crippen LogP contribution in [-0.4, -0.2) is 24.0 Å². The van der Waals surface area contributed by atoms with E-state index in [1.165, 1.54) is 24.3 Å². The summed E-state index contributed by atoms with van der Waals surface area (Å²) in [6.45, 7) is 4.61. The second-order valence-corrected chi connectivity index (χ2v) is 5.18. The first-order valence-corrected chi connectivity index (χ1v) is 7.20. The van der Waals surface area contributed by atoms with Crippen molar-refractivity contribution in [1.29, 1.82) is 0 Å². The van der Waals surface area contributed by atoms with E-state index in [0.717, 1.165) is 16.9 Å². The van der Waals surface area contributed by atoms with Crippen molar-refractivity contribution in [3.05, 3.63) is 69.3 Å². The van der Waals surface area contributed by atoms with E-state index in [9.17, 15) is 14.9 Å². The van der Waals surface area contributed by atoms with Crippen LogP contribution in [0.2, 0.25) is 0 Å². The number of carbonyl (C=O) groups is 1. The van der Waals surface area contributed by atoms with Gasteiger partial charge in [0, 0.05) is 17.7 Å². The lowest BCUT2D eigenvalue weighted by atomic mass is 10.1. The molecule has 0 saturated heterocycles. The summed E-state index contributed by atoms with van der Waals surface area (Å²) in [5, 5.41) is 13.4. The minimum atomic E-state index is -0.528. The first-order chi connectivity index (χ1) is 11.0. The van der Waals surface area contributed by atoms with Crippen molar-refractivity contribution in [1.82, 2.24) is 5.32 Å². The molecule has 0 unspecified atom stereocenters. The fraction of sp³-hybridized carbons (Fsp3) is 0.235. The third-order valence-corrected chi connectivity index (χ3v) is 3.29. The van der Waals surface area contributed by atoms with E-state index in [1.54, 1.807) is 0 Å². The zero-order chi connectivity index (χ0) is 16.8. The molecule has 1 amide bonds. The minimum Gasteiger partial charge on any atom is -0.491 e. The minimum absolute atomic E-state index is 0.107. The van der Waals surface area contributed by atoms with Gasteiger partial charge in [0.25, 0.3) is 11.6 Å². The van der Waals surface area contributed by atoms with Crippen molar-refractivity contribution >= 4 is 11.6 Å². The molecule has 6 heteroatoms. The predicted molar refractivity (Wildman–Crippen MR) is 86.8 cm³/mol. The Morgan fingerprint density at radius 1 is 1.22 bits per heavy atom. The summed E-state index contributed by atoms with van der Waals surface area (Å²) in [5.74, 6) is 0.415. The summed E-state index contributed by atoms with van der Waals surface area (Å²) in [5.41, 5.74) is 2.35. The number of nitro benzene ring substituents is 1. The fourth-order valence-corrected chi connectivity index (χ4v) is 2.15. The number of hydrogen-bond acceptors (Lipinski definition) is 4. The van der Waals surface area contributed by atoms with Crippen LogP contribution in [0.5, 0.6) is 5.75 Å². The number of nitrogens with one attached hydrogen (secondary N) is 1. The topological polar surface area (TPSA) is 81.5 Å². The predicted octanol–water partition coefficient (Wildman–Crippen LogP) is 3.02. The average Bonchev–Trinajstić information content (AvgIpc) is 2.53. The number of ether oxygens (including phenoxy) is 1. The summed E-state index contributed by atoms with van der Waals surface area (Å²) in [4.78, 5) is 22.1. The molecule has 0 spiro atoms. The van der Waals surface area contributed by atoms with Crippen LogP contribution in [0.3, 0.4) is 0 Å². The van der Waals surface area contributed by atoms with E-state index in [2.05, 4.69) is 5.32 Å². The fourth-order valence-electron chi connectivity index (χ4n) is 2.15. The number of hydrogen-bond donors (Lipinski definition) is 1. The molecule has 2 rings (SSSR count). The Labute approximate surface area is 134 Å². The highest BCUT2D eigenvalue weighted by Crippen LogP contribution is 2.18. The Balaban J connectivity index is 1.85. The second kappa shape index (κ2) is 7.40. The van der Waals surface area contributed by atoms with Gasteiger partial charge in [-0.25, -0.2) is 0 Å². The van der Waals surface area contributed by atoms with Gasteiger partial charge in [0.15, 0.2) is 0 Å². The van der Waals surface area contributed by atoms with Gasteiger partial charge in [-0.2, -0.15) is 0 Å². The molecule has 1 N–H and O–H groups in total. The maximum Gasteiger partial charge on any atom is 0.270 e. The number of nitro groups is 1. The smallest absolute Gasteiger partial charge is 0.270 e. The van der Waals surface area contributed by atoms with Crippen LogP contribution in [0.25, 0.3) is 0 Å². The molecule has 0 saturated carbocycles. The number of carbonyl (C=O) groups excluding carboxylic acids is 1. The molecule has 120 valence electrons. The number of aryl methyl sites for hydroxylation is 2. The molecule has 0 aliphatic heterocycles. The first kappa shape index (κ1) is 16.5. The third-order valence-electron chi connectivity index (χ3n) is 3.29. The van der Waals surface area contributed by atoms with Crippen molar-refractivity contribution in [3.8, 4) is 5.75 Å². The number of nitrogens with zero attached hydrogens (tertiary/aromatic N) is 1. The summed E-state index contributed by atoms with van der Waals surface area (Å²) in [7, 11) is 0. The normalized spacial score (nSPS) is 10.2. The average molecular weight is 314 g/mol. The van der Waals surface area contributed by atoms with Crippen LogP contribution < -0.4 is 10.1 Å². The van der Waals surface area contributed by atoms with Crippen LogP contribution in [-0.2, 0) is 0 Å². The molecule has 2 aromatic carbocycles. The molecule has 0 aromatic heterocycles.